The van der Waals surface area contributed by atoms with Crippen molar-refractivity contribution in [1.29, 1.82) is 0 Å². The van der Waals surface area contributed by atoms with E-state index >= 15 is 4.39 Å². The fraction of sp³-hybridized carbons (Fsp3) is 0.567. The first kappa shape index (κ1) is 31.6. The van der Waals surface area contributed by atoms with Crippen LogP contribution in [0.15, 0.2) is 18.2 Å². The first-order chi connectivity index (χ1) is 19.5. The maximum Gasteiger partial charge on any atom is 0.410 e. The quantitative estimate of drug-likeness (QED) is 0.344. The number of carbonyl (C=O) groups excluding carboxylic acids is 1. The molecule has 0 spiro atoms. The predicted molar refractivity (Wildman–Crippen MR) is 165 cm³/mol. The summed E-state index contributed by atoms with van der Waals surface area (Å²) in [5.74, 6) is 1.05. The van der Waals surface area contributed by atoms with Gasteiger partial charge in [-0.3, -0.25) is 0 Å². The van der Waals surface area contributed by atoms with E-state index in [1.54, 1.807) is 24.1 Å². The molecule has 230 valence electrons. The lowest BCUT2D eigenvalue weighted by Gasteiger charge is -2.40. The molecular formula is C30H44FN5O5Si. The summed E-state index contributed by atoms with van der Waals surface area (Å²) in [7, 11) is -0.501. The Morgan fingerprint density at radius 2 is 1.86 bits per heavy atom. The molecule has 0 fully saturated rings. The number of carbonyl (C=O) groups is 1. The van der Waals surface area contributed by atoms with E-state index in [-0.39, 0.29) is 41.7 Å². The summed E-state index contributed by atoms with van der Waals surface area (Å²) in [5, 5.41) is 5.95. The molecule has 1 unspecified atom stereocenters. The van der Waals surface area contributed by atoms with E-state index in [9.17, 15) is 4.79 Å². The number of hydrogen-bond donors (Lipinski definition) is 2. The number of nitrogens with one attached hydrogen (secondary N) is 2. The second-order valence-electron chi connectivity index (χ2n) is 13.3. The van der Waals surface area contributed by atoms with E-state index in [0.29, 0.717) is 35.9 Å². The SMILES string of the molecule is CNc1cc(C)nc(Nc2cc3c(c(C4=CCN(C(=O)OC(C)(C)C)CC(O[Si](C)(C)C(C)(C)C)C4)c2F)OCO3)n1. The van der Waals surface area contributed by atoms with Gasteiger partial charge in [0.2, 0.25) is 12.7 Å². The van der Waals surface area contributed by atoms with Crippen molar-refractivity contribution in [2.24, 2.45) is 0 Å². The van der Waals surface area contributed by atoms with Gasteiger partial charge in [-0.1, -0.05) is 26.8 Å². The molecule has 2 aromatic rings. The topological polar surface area (TPSA) is 107 Å². The summed E-state index contributed by atoms with van der Waals surface area (Å²) >= 11 is 0. The standard InChI is InChI=1S/C30H44FN5O5Si/c1-18-13-23(32-8)35-27(33-18)34-21-15-22-26(39-17-38-22)24(25(21)31)19-11-12-36(28(37)40-29(2,3)4)16-20(14-19)41-42(9,10)30(5,6)7/h11,13,15,20H,12,14,16-17H2,1-10H3,(H2,32,33,34,35). The maximum atomic E-state index is 16.5. The van der Waals surface area contributed by atoms with E-state index in [1.807, 2.05) is 33.8 Å². The van der Waals surface area contributed by atoms with E-state index in [2.05, 4.69) is 54.5 Å². The van der Waals surface area contributed by atoms with Crippen molar-refractivity contribution in [3.63, 3.8) is 0 Å². The third kappa shape index (κ3) is 7.15. The lowest BCUT2D eigenvalue weighted by atomic mass is 9.97. The summed E-state index contributed by atoms with van der Waals surface area (Å²) in [6.07, 6.45) is 1.39. The minimum Gasteiger partial charge on any atom is -0.453 e. The molecule has 0 aliphatic carbocycles. The monoisotopic (exact) mass is 601 g/mol. The normalized spacial score (nSPS) is 17.5. The molecule has 2 aliphatic rings. The molecule has 1 amide bonds. The molecule has 0 saturated carbocycles. The number of rotatable bonds is 6. The van der Waals surface area contributed by atoms with Crippen molar-refractivity contribution in [2.45, 2.75) is 84.7 Å². The third-order valence-electron chi connectivity index (χ3n) is 7.63. The Morgan fingerprint density at radius 1 is 1.14 bits per heavy atom. The number of ether oxygens (including phenoxy) is 3. The van der Waals surface area contributed by atoms with Gasteiger partial charge in [-0.05, 0) is 57.8 Å². The number of nitrogens with zero attached hydrogens (tertiary/aromatic N) is 3. The van der Waals surface area contributed by atoms with Gasteiger partial charge in [-0.2, -0.15) is 4.98 Å². The Morgan fingerprint density at radius 3 is 2.50 bits per heavy atom. The van der Waals surface area contributed by atoms with E-state index in [1.165, 1.54) is 0 Å². The number of hydrogen-bond acceptors (Lipinski definition) is 9. The van der Waals surface area contributed by atoms with Crippen molar-refractivity contribution in [2.75, 3.05) is 37.6 Å². The van der Waals surface area contributed by atoms with Crippen molar-refractivity contribution < 1.29 is 27.8 Å². The molecule has 2 aliphatic heterocycles. The highest BCUT2D eigenvalue weighted by molar-refractivity contribution is 6.74. The maximum absolute atomic E-state index is 16.5. The first-order valence-corrected chi connectivity index (χ1v) is 17.2. The van der Waals surface area contributed by atoms with Gasteiger partial charge in [0.15, 0.2) is 25.6 Å². The second-order valence-corrected chi connectivity index (χ2v) is 18.0. The Labute approximate surface area is 249 Å². The smallest absolute Gasteiger partial charge is 0.410 e. The van der Waals surface area contributed by atoms with Crippen LogP contribution in [0.5, 0.6) is 11.5 Å². The zero-order valence-corrected chi connectivity index (χ0v) is 27.4. The Kier molecular flexibility index (Phi) is 8.80. The van der Waals surface area contributed by atoms with Gasteiger partial charge >= 0.3 is 6.09 Å². The molecule has 1 aromatic carbocycles. The third-order valence-corrected chi connectivity index (χ3v) is 12.2. The molecule has 42 heavy (non-hydrogen) atoms. The molecule has 4 rings (SSSR count). The average molecular weight is 602 g/mol. The van der Waals surface area contributed by atoms with Gasteiger partial charge in [0.25, 0.3) is 0 Å². The van der Waals surface area contributed by atoms with E-state index in [4.69, 9.17) is 18.6 Å². The molecule has 12 heteroatoms. The summed E-state index contributed by atoms with van der Waals surface area (Å²) in [5.41, 5.74) is 1.14. The van der Waals surface area contributed by atoms with Crippen LogP contribution < -0.4 is 20.1 Å². The zero-order valence-electron chi connectivity index (χ0n) is 26.4. The van der Waals surface area contributed by atoms with Gasteiger partial charge in [-0.15, -0.1) is 0 Å². The lowest BCUT2D eigenvalue weighted by molar-refractivity contribution is 0.0196. The highest BCUT2D eigenvalue weighted by Crippen LogP contribution is 2.47. The van der Waals surface area contributed by atoms with Crippen LogP contribution in [0.2, 0.25) is 18.1 Å². The highest BCUT2D eigenvalue weighted by Gasteiger charge is 2.41. The fourth-order valence-corrected chi connectivity index (χ4v) is 5.90. The molecule has 0 saturated heterocycles. The van der Waals surface area contributed by atoms with Gasteiger partial charge < -0.3 is 34.2 Å². The van der Waals surface area contributed by atoms with Gasteiger partial charge in [-0.25, -0.2) is 14.2 Å². The zero-order chi connectivity index (χ0) is 31.0. The summed E-state index contributed by atoms with van der Waals surface area (Å²) in [6.45, 7) is 18.7. The van der Waals surface area contributed by atoms with E-state index in [0.717, 1.165) is 5.69 Å². The van der Waals surface area contributed by atoms with Crippen LogP contribution in [-0.4, -0.2) is 67.9 Å². The number of amides is 1. The average Bonchev–Trinajstić information content (AvgIpc) is 3.21. The molecule has 2 N–H and O–H groups in total. The highest BCUT2D eigenvalue weighted by atomic mass is 28.4. The Bertz CT molecular complexity index is 1370. The summed E-state index contributed by atoms with van der Waals surface area (Å²) in [6, 6.07) is 3.35. The van der Waals surface area contributed by atoms with Crippen molar-refractivity contribution >= 4 is 37.4 Å². The molecule has 1 aromatic heterocycles. The van der Waals surface area contributed by atoms with Crippen molar-refractivity contribution in [3.8, 4) is 11.5 Å². The molecular weight excluding hydrogens is 557 g/mol. The lowest BCUT2D eigenvalue weighted by Crippen LogP contribution is -2.48. The van der Waals surface area contributed by atoms with E-state index < -0.39 is 25.8 Å². The van der Waals surface area contributed by atoms with Crippen LogP contribution >= 0.6 is 0 Å². The fourth-order valence-electron chi connectivity index (χ4n) is 4.56. The number of halogens is 1. The summed E-state index contributed by atoms with van der Waals surface area (Å²) < 4.78 is 40.5. The van der Waals surface area contributed by atoms with Crippen molar-refractivity contribution in [3.05, 3.63) is 35.3 Å². The van der Waals surface area contributed by atoms with Gasteiger partial charge in [0.1, 0.15) is 11.4 Å². The molecule has 1 atom stereocenters. The number of fused-ring (bicyclic) bond motifs is 1. The first-order valence-electron chi connectivity index (χ1n) is 14.2. The number of aromatic nitrogens is 2. The van der Waals surface area contributed by atoms with Crippen LogP contribution in [0.1, 0.15) is 59.2 Å². The second kappa shape index (κ2) is 11.7. The van der Waals surface area contributed by atoms with Gasteiger partial charge in [0, 0.05) is 38.0 Å². The number of anilines is 3. The minimum atomic E-state index is -2.26. The largest absolute Gasteiger partial charge is 0.453 e. The number of benzene rings is 1. The Balaban J connectivity index is 1.77. The summed E-state index contributed by atoms with van der Waals surface area (Å²) in [4.78, 5) is 23.6. The Hall–Kier alpha value is -3.38. The molecule has 0 bridgehead atoms. The van der Waals surface area contributed by atoms with Crippen molar-refractivity contribution in [1.82, 2.24) is 14.9 Å². The van der Waals surface area contributed by atoms with Crippen LogP contribution in [0, 0.1) is 12.7 Å². The molecule has 3 heterocycles. The predicted octanol–water partition coefficient (Wildman–Crippen LogP) is 6.85. The number of aryl methyl sites for hydroxylation is 1. The minimum absolute atomic E-state index is 0.0305. The van der Waals surface area contributed by atoms with Crippen LogP contribution in [0.25, 0.3) is 5.57 Å². The van der Waals surface area contributed by atoms with Gasteiger partial charge in [0.05, 0.1) is 17.4 Å². The molecule has 0 radical (unpaired) electrons. The van der Waals surface area contributed by atoms with Crippen LogP contribution in [0.3, 0.4) is 0 Å². The van der Waals surface area contributed by atoms with Crippen LogP contribution in [0.4, 0.5) is 26.6 Å². The van der Waals surface area contributed by atoms with Crippen LogP contribution in [-0.2, 0) is 9.16 Å². The molecule has 10 nitrogen and oxygen atoms in total.